The van der Waals surface area contributed by atoms with Crippen LogP contribution in [-0.2, 0) is 0 Å². The Labute approximate surface area is 102 Å². The fourth-order valence-corrected chi connectivity index (χ4v) is 3.02. The van der Waals surface area contributed by atoms with E-state index in [0.717, 1.165) is 5.92 Å². The van der Waals surface area contributed by atoms with E-state index in [9.17, 15) is 0 Å². The smallest absolute Gasteiger partial charge is 0.110 e. The van der Waals surface area contributed by atoms with Gasteiger partial charge in [0.2, 0.25) is 0 Å². The first-order valence-electron chi connectivity index (χ1n) is 6.50. The second-order valence-corrected chi connectivity index (χ2v) is 5.67. The molecule has 1 saturated carbocycles. The van der Waals surface area contributed by atoms with Crippen molar-refractivity contribution >= 4 is 11.3 Å². The molecule has 1 heterocycles. The zero-order valence-electron chi connectivity index (χ0n) is 10.3. The van der Waals surface area contributed by atoms with Gasteiger partial charge in [0.1, 0.15) is 5.01 Å². The molecule has 16 heavy (non-hydrogen) atoms. The van der Waals surface area contributed by atoms with Crippen LogP contribution in [0.5, 0.6) is 0 Å². The second-order valence-electron chi connectivity index (χ2n) is 4.75. The van der Waals surface area contributed by atoms with Crippen molar-refractivity contribution in [2.75, 3.05) is 0 Å². The summed E-state index contributed by atoms with van der Waals surface area (Å²) in [5.41, 5.74) is 0. The highest BCUT2D eigenvalue weighted by molar-refractivity contribution is 7.09. The van der Waals surface area contributed by atoms with Crippen LogP contribution in [0.1, 0.15) is 57.0 Å². The Hall–Kier alpha value is -0.410. The molecule has 0 amide bonds. The molecule has 1 aliphatic rings. The molecule has 2 atom stereocenters. The SMILES string of the molecule is CCCC(CC)NC(c1nccs1)C1CC1. The van der Waals surface area contributed by atoms with E-state index < -0.39 is 0 Å². The van der Waals surface area contributed by atoms with Crippen molar-refractivity contribution in [3.8, 4) is 0 Å². The van der Waals surface area contributed by atoms with Crippen LogP contribution >= 0.6 is 11.3 Å². The Morgan fingerprint density at radius 3 is 2.81 bits per heavy atom. The van der Waals surface area contributed by atoms with E-state index in [1.165, 1.54) is 37.1 Å². The summed E-state index contributed by atoms with van der Waals surface area (Å²) in [5.74, 6) is 0.844. The van der Waals surface area contributed by atoms with Gasteiger partial charge in [-0.2, -0.15) is 0 Å². The van der Waals surface area contributed by atoms with Crippen LogP contribution in [0.3, 0.4) is 0 Å². The summed E-state index contributed by atoms with van der Waals surface area (Å²) in [6.45, 7) is 4.54. The summed E-state index contributed by atoms with van der Waals surface area (Å²) in [6.07, 6.45) is 8.45. The predicted octanol–water partition coefficient (Wildman–Crippen LogP) is 3.76. The molecule has 2 unspecified atom stereocenters. The van der Waals surface area contributed by atoms with E-state index in [1.54, 1.807) is 11.3 Å². The van der Waals surface area contributed by atoms with E-state index in [2.05, 4.69) is 29.5 Å². The molecule has 0 spiro atoms. The molecule has 90 valence electrons. The summed E-state index contributed by atoms with van der Waals surface area (Å²) in [6, 6.07) is 1.19. The first kappa shape index (κ1) is 12.1. The lowest BCUT2D eigenvalue weighted by molar-refractivity contribution is 0.374. The van der Waals surface area contributed by atoms with Gasteiger partial charge in [0.25, 0.3) is 0 Å². The second kappa shape index (κ2) is 5.78. The standard InChI is InChI=1S/C13H22N2S/c1-3-5-11(4-2)15-12(10-6-7-10)13-14-8-9-16-13/h8-12,15H,3-7H2,1-2H3. The Morgan fingerprint density at radius 1 is 1.50 bits per heavy atom. The summed E-state index contributed by atoms with van der Waals surface area (Å²) >= 11 is 1.80. The summed E-state index contributed by atoms with van der Waals surface area (Å²) in [5, 5.41) is 7.20. The molecule has 1 aromatic rings. The van der Waals surface area contributed by atoms with Crippen LogP contribution in [0, 0.1) is 5.92 Å². The minimum Gasteiger partial charge on any atom is -0.305 e. The molecule has 1 N–H and O–H groups in total. The minimum absolute atomic E-state index is 0.525. The number of hydrogen-bond acceptors (Lipinski definition) is 3. The van der Waals surface area contributed by atoms with Crippen molar-refractivity contribution in [1.29, 1.82) is 0 Å². The molecule has 0 bridgehead atoms. The average molecular weight is 238 g/mol. The quantitative estimate of drug-likeness (QED) is 0.782. The average Bonchev–Trinajstić information content (AvgIpc) is 2.99. The van der Waals surface area contributed by atoms with Gasteiger partial charge in [0, 0.05) is 17.6 Å². The number of rotatable bonds is 7. The van der Waals surface area contributed by atoms with Gasteiger partial charge in [-0.1, -0.05) is 20.3 Å². The van der Waals surface area contributed by atoms with Crippen molar-refractivity contribution in [2.45, 2.75) is 58.0 Å². The van der Waals surface area contributed by atoms with Gasteiger partial charge < -0.3 is 5.32 Å². The highest BCUT2D eigenvalue weighted by atomic mass is 32.1. The van der Waals surface area contributed by atoms with Crippen LogP contribution in [0.25, 0.3) is 0 Å². The van der Waals surface area contributed by atoms with Gasteiger partial charge in [-0.25, -0.2) is 4.98 Å². The van der Waals surface area contributed by atoms with Gasteiger partial charge in [0.05, 0.1) is 6.04 Å². The number of hydrogen-bond donors (Lipinski definition) is 1. The third-order valence-corrected chi connectivity index (χ3v) is 4.21. The van der Waals surface area contributed by atoms with Crippen molar-refractivity contribution < 1.29 is 0 Å². The molecule has 2 rings (SSSR count). The fraction of sp³-hybridized carbons (Fsp3) is 0.769. The Bertz CT molecular complexity index is 293. The van der Waals surface area contributed by atoms with Crippen molar-refractivity contribution in [2.24, 2.45) is 5.92 Å². The Kier molecular flexibility index (Phi) is 4.36. The van der Waals surface area contributed by atoms with Crippen LogP contribution in [-0.4, -0.2) is 11.0 Å². The molecule has 3 heteroatoms. The van der Waals surface area contributed by atoms with Crippen LogP contribution in [0.2, 0.25) is 0 Å². The van der Waals surface area contributed by atoms with Crippen LogP contribution in [0.15, 0.2) is 11.6 Å². The molecule has 1 aromatic heterocycles. The number of nitrogens with zero attached hydrogens (tertiary/aromatic N) is 1. The van der Waals surface area contributed by atoms with Crippen molar-refractivity contribution in [3.05, 3.63) is 16.6 Å². The topological polar surface area (TPSA) is 24.9 Å². The lowest BCUT2D eigenvalue weighted by Crippen LogP contribution is -2.33. The van der Waals surface area contributed by atoms with Crippen molar-refractivity contribution in [3.63, 3.8) is 0 Å². The zero-order valence-corrected chi connectivity index (χ0v) is 11.1. The van der Waals surface area contributed by atoms with Gasteiger partial charge in [-0.15, -0.1) is 11.3 Å². The molecular weight excluding hydrogens is 216 g/mol. The van der Waals surface area contributed by atoms with Gasteiger partial charge in [-0.05, 0) is 31.6 Å². The molecule has 2 nitrogen and oxygen atoms in total. The maximum atomic E-state index is 4.48. The first-order chi connectivity index (χ1) is 7.85. The van der Waals surface area contributed by atoms with E-state index in [1.807, 2.05) is 6.20 Å². The molecule has 0 aliphatic heterocycles. The number of nitrogens with one attached hydrogen (secondary N) is 1. The molecule has 1 aliphatic carbocycles. The Balaban J connectivity index is 1.97. The molecule has 0 saturated heterocycles. The summed E-state index contributed by atoms with van der Waals surface area (Å²) < 4.78 is 0. The van der Waals surface area contributed by atoms with Gasteiger partial charge in [0.15, 0.2) is 0 Å². The molecular formula is C13H22N2S. The molecule has 0 radical (unpaired) electrons. The number of aromatic nitrogens is 1. The maximum absolute atomic E-state index is 4.48. The molecule has 0 aromatic carbocycles. The van der Waals surface area contributed by atoms with E-state index >= 15 is 0 Å². The van der Waals surface area contributed by atoms with E-state index in [-0.39, 0.29) is 0 Å². The minimum atomic E-state index is 0.525. The third kappa shape index (κ3) is 3.05. The molecule has 1 fully saturated rings. The Morgan fingerprint density at radius 2 is 2.31 bits per heavy atom. The third-order valence-electron chi connectivity index (χ3n) is 3.36. The normalized spacial score (nSPS) is 19.6. The van der Waals surface area contributed by atoms with Crippen LogP contribution in [0.4, 0.5) is 0 Å². The highest BCUT2D eigenvalue weighted by Gasteiger charge is 2.34. The van der Waals surface area contributed by atoms with Crippen LogP contribution < -0.4 is 5.32 Å². The van der Waals surface area contributed by atoms with E-state index in [0.29, 0.717) is 12.1 Å². The number of thiazole rings is 1. The van der Waals surface area contributed by atoms with Gasteiger partial charge in [-0.3, -0.25) is 0 Å². The summed E-state index contributed by atoms with van der Waals surface area (Å²) in [4.78, 5) is 4.48. The fourth-order valence-electron chi connectivity index (χ4n) is 2.23. The zero-order chi connectivity index (χ0) is 11.4. The lowest BCUT2D eigenvalue weighted by atomic mass is 10.1. The monoisotopic (exact) mass is 238 g/mol. The van der Waals surface area contributed by atoms with Gasteiger partial charge >= 0.3 is 0 Å². The van der Waals surface area contributed by atoms with Crippen molar-refractivity contribution in [1.82, 2.24) is 10.3 Å². The largest absolute Gasteiger partial charge is 0.305 e. The van der Waals surface area contributed by atoms with E-state index in [4.69, 9.17) is 0 Å². The summed E-state index contributed by atoms with van der Waals surface area (Å²) in [7, 11) is 0. The lowest BCUT2D eigenvalue weighted by Gasteiger charge is -2.23. The predicted molar refractivity (Wildman–Crippen MR) is 69.7 cm³/mol. The first-order valence-corrected chi connectivity index (χ1v) is 7.38. The highest BCUT2D eigenvalue weighted by Crippen LogP contribution is 2.42. The maximum Gasteiger partial charge on any atom is 0.110 e.